The van der Waals surface area contributed by atoms with E-state index in [2.05, 4.69) is 27.8 Å². The van der Waals surface area contributed by atoms with Gasteiger partial charge in [0.2, 0.25) is 0 Å². The van der Waals surface area contributed by atoms with E-state index in [1.165, 1.54) is 5.56 Å². The molecule has 0 aliphatic carbocycles. The smallest absolute Gasteiger partial charge is 0.0713 e. The molecule has 13 heavy (non-hydrogen) atoms. The highest BCUT2D eigenvalue weighted by molar-refractivity contribution is 9.09. The summed E-state index contributed by atoms with van der Waals surface area (Å²) in [6.07, 6.45) is 0. The first-order valence-electron chi connectivity index (χ1n) is 3.99. The lowest BCUT2D eigenvalue weighted by Crippen LogP contribution is -1.86. The average Bonchev–Trinajstić information content (AvgIpc) is 2.17. The lowest BCUT2D eigenvalue weighted by atomic mass is 10.1. The van der Waals surface area contributed by atoms with Crippen LogP contribution in [0.25, 0.3) is 0 Å². The van der Waals surface area contributed by atoms with Gasteiger partial charge in [0, 0.05) is 12.7 Å². The van der Waals surface area contributed by atoms with Gasteiger partial charge in [-0.3, -0.25) is 0 Å². The van der Waals surface area contributed by atoms with Gasteiger partial charge >= 0.3 is 0 Å². The maximum absolute atomic E-state index is 5.01. The zero-order chi connectivity index (χ0) is 9.52. The van der Waals surface area contributed by atoms with Gasteiger partial charge in [0.05, 0.1) is 11.9 Å². The first-order chi connectivity index (χ1) is 6.36. The molecule has 0 aliphatic heterocycles. The van der Waals surface area contributed by atoms with Crippen LogP contribution >= 0.6 is 15.9 Å². The number of hydrogen-bond donors (Lipinski definition) is 0. The summed E-state index contributed by atoms with van der Waals surface area (Å²) < 4.78 is 5.01. The highest BCUT2D eigenvalue weighted by atomic mass is 79.9. The molecule has 1 aromatic carbocycles. The van der Waals surface area contributed by atoms with Gasteiger partial charge in [-0.15, -0.1) is 0 Å². The predicted molar refractivity (Wildman–Crippen MR) is 57.8 cm³/mol. The molecule has 0 N–H and O–H groups in total. The summed E-state index contributed by atoms with van der Waals surface area (Å²) in [5, 5.41) is 0.715. The maximum Gasteiger partial charge on any atom is 0.0713 e. The van der Waals surface area contributed by atoms with E-state index in [9.17, 15) is 0 Å². The van der Waals surface area contributed by atoms with E-state index in [-0.39, 0.29) is 0 Å². The zero-order valence-corrected chi connectivity index (χ0v) is 9.10. The molecule has 0 atom stereocenters. The van der Waals surface area contributed by atoms with Crippen LogP contribution in [0.3, 0.4) is 0 Å². The largest absolute Gasteiger partial charge is 0.380 e. The predicted octanol–water partition coefficient (Wildman–Crippen LogP) is 2.58. The second-order valence-electron chi connectivity index (χ2n) is 2.57. The van der Waals surface area contributed by atoms with E-state index >= 15 is 0 Å². The van der Waals surface area contributed by atoms with Crippen molar-refractivity contribution in [3.63, 3.8) is 0 Å². The Balaban J connectivity index is 2.69. The highest BCUT2D eigenvalue weighted by Crippen LogP contribution is 2.03. The van der Waals surface area contributed by atoms with Crippen LogP contribution in [0.2, 0.25) is 0 Å². The summed E-state index contributed by atoms with van der Waals surface area (Å²) in [7, 11) is 1.69. The summed E-state index contributed by atoms with van der Waals surface area (Å²) in [5.74, 6) is 5.98. The molecule has 0 heterocycles. The molecular weight excluding hydrogens is 228 g/mol. The van der Waals surface area contributed by atoms with Crippen molar-refractivity contribution in [3.05, 3.63) is 35.4 Å². The van der Waals surface area contributed by atoms with Crippen LogP contribution in [0.1, 0.15) is 11.1 Å². The van der Waals surface area contributed by atoms with Crippen molar-refractivity contribution >= 4 is 15.9 Å². The number of alkyl halides is 1. The van der Waals surface area contributed by atoms with E-state index in [0.29, 0.717) is 11.9 Å². The van der Waals surface area contributed by atoms with E-state index in [1.807, 2.05) is 24.3 Å². The Labute approximate surface area is 87.2 Å². The van der Waals surface area contributed by atoms with Crippen molar-refractivity contribution in [2.24, 2.45) is 0 Å². The minimum absolute atomic E-state index is 0.659. The average molecular weight is 239 g/mol. The molecule has 0 aliphatic rings. The third-order valence-corrected chi connectivity index (χ3v) is 1.84. The molecule has 1 rings (SSSR count). The first-order valence-corrected chi connectivity index (χ1v) is 5.11. The van der Waals surface area contributed by atoms with Crippen molar-refractivity contribution in [3.8, 4) is 11.8 Å². The van der Waals surface area contributed by atoms with Gasteiger partial charge in [-0.1, -0.05) is 39.9 Å². The Hall–Kier alpha value is -0.780. The van der Waals surface area contributed by atoms with E-state index in [0.717, 1.165) is 5.56 Å². The van der Waals surface area contributed by atoms with Gasteiger partial charge in [0.15, 0.2) is 0 Å². The lowest BCUT2D eigenvalue weighted by molar-refractivity contribution is 0.185. The molecule has 1 nitrogen and oxygen atoms in total. The Bertz CT molecular complexity index is 305. The number of benzene rings is 1. The van der Waals surface area contributed by atoms with Crippen LogP contribution in [-0.4, -0.2) is 12.4 Å². The molecule has 1 aromatic rings. The zero-order valence-electron chi connectivity index (χ0n) is 7.51. The summed E-state index contributed by atoms with van der Waals surface area (Å²) in [5.41, 5.74) is 2.21. The van der Waals surface area contributed by atoms with Crippen LogP contribution in [-0.2, 0) is 11.3 Å². The van der Waals surface area contributed by atoms with Gasteiger partial charge < -0.3 is 4.74 Å². The van der Waals surface area contributed by atoms with Crippen molar-refractivity contribution in [2.75, 3.05) is 12.4 Å². The molecular formula is C11H11BrO. The van der Waals surface area contributed by atoms with Gasteiger partial charge in [-0.05, 0) is 17.7 Å². The molecule has 0 bridgehead atoms. The fourth-order valence-electron chi connectivity index (χ4n) is 0.986. The topological polar surface area (TPSA) is 9.23 Å². The second-order valence-corrected chi connectivity index (χ2v) is 3.13. The lowest BCUT2D eigenvalue weighted by Gasteiger charge is -1.98. The Morgan fingerprint density at radius 3 is 2.54 bits per heavy atom. The molecule has 2 heteroatoms. The van der Waals surface area contributed by atoms with Crippen molar-refractivity contribution < 1.29 is 4.74 Å². The van der Waals surface area contributed by atoms with E-state index < -0.39 is 0 Å². The Morgan fingerprint density at radius 2 is 2.00 bits per heavy atom. The van der Waals surface area contributed by atoms with Crippen molar-refractivity contribution in [1.82, 2.24) is 0 Å². The Morgan fingerprint density at radius 1 is 1.31 bits per heavy atom. The van der Waals surface area contributed by atoms with Gasteiger partial charge in [-0.2, -0.15) is 0 Å². The minimum Gasteiger partial charge on any atom is -0.380 e. The second kappa shape index (κ2) is 5.80. The summed E-state index contributed by atoms with van der Waals surface area (Å²) in [4.78, 5) is 0. The number of ether oxygens (including phenoxy) is 1. The van der Waals surface area contributed by atoms with Crippen LogP contribution in [0, 0.1) is 11.8 Å². The van der Waals surface area contributed by atoms with E-state index in [4.69, 9.17) is 4.74 Å². The molecule has 0 radical (unpaired) electrons. The first kappa shape index (κ1) is 10.3. The van der Waals surface area contributed by atoms with Crippen LogP contribution in [0.15, 0.2) is 24.3 Å². The number of halogens is 1. The number of rotatable bonds is 2. The molecule has 0 saturated heterocycles. The SMILES string of the molecule is COCc1ccc(C#CCBr)cc1. The van der Waals surface area contributed by atoms with Crippen LogP contribution in [0.4, 0.5) is 0 Å². The van der Waals surface area contributed by atoms with Gasteiger partial charge in [0.1, 0.15) is 0 Å². The third-order valence-electron chi connectivity index (χ3n) is 1.56. The van der Waals surface area contributed by atoms with Crippen LogP contribution in [0.5, 0.6) is 0 Å². The number of methoxy groups -OCH3 is 1. The van der Waals surface area contributed by atoms with Crippen molar-refractivity contribution in [1.29, 1.82) is 0 Å². The Kier molecular flexibility index (Phi) is 4.59. The molecule has 0 saturated carbocycles. The molecule has 0 aromatic heterocycles. The third kappa shape index (κ3) is 3.63. The summed E-state index contributed by atoms with van der Waals surface area (Å²) in [6, 6.07) is 8.07. The van der Waals surface area contributed by atoms with Gasteiger partial charge in [-0.25, -0.2) is 0 Å². The highest BCUT2D eigenvalue weighted by Gasteiger charge is 1.90. The quantitative estimate of drug-likeness (QED) is 0.569. The molecule has 0 spiro atoms. The molecule has 68 valence electrons. The summed E-state index contributed by atoms with van der Waals surface area (Å²) >= 11 is 3.25. The maximum atomic E-state index is 5.01. The van der Waals surface area contributed by atoms with Gasteiger partial charge in [0.25, 0.3) is 0 Å². The monoisotopic (exact) mass is 238 g/mol. The standard InChI is InChI=1S/C11H11BrO/c1-13-9-11-6-4-10(5-7-11)3-2-8-12/h4-7H,8-9H2,1H3. The fourth-order valence-corrected chi connectivity index (χ4v) is 1.13. The molecule has 0 amide bonds. The van der Waals surface area contributed by atoms with Crippen molar-refractivity contribution in [2.45, 2.75) is 6.61 Å². The molecule has 0 unspecified atom stereocenters. The minimum atomic E-state index is 0.659. The van der Waals surface area contributed by atoms with Crippen LogP contribution < -0.4 is 0 Å². The molecule has 0 fully saturated rings. The van der Waals surface area contributed by atoms with E-state index in [1.54, 1.807) is 7.11 Å². The fraction of sp³-hybridized carbons (Fsp3) is 0.273. The summed E-state index contributed by atoms with van der Waals surface area (Å²) in [6.45, 7) is 0.659. The number of hydrogen-bond acceptors (Lipinski definition) is 1. The normalized spacial score (nSPS) is 9.08.